The first kappa shape index (κ1) is 18.5. The summed E-state index contributed by atoms with van der Waals surface area (Å²) in [6, 6.07) is 4.90. The van der Waals surface area contributed by atoms with Gasteiger partial charge >= 0.3 is 12.1 Å². The van der Waals surface area contributed by atoms with Gasteiger partial charge < -0.3 is 15.2 Å². The number of methoxy groups -OCH3 is 1. The smallest absolute Gasteiger partial charge is 0.435 e. The van der Waals surface area contributed by atoms with Crippen LogP contribution < -0.4 is 5.32 Å². The molecule has 1 aromatic carbocycles. The summed E-state index contributed by atoms with van der Waals surface area (Å²) in [6.45, 7) is -0.314. The number of aromatic carboxylic acids is 1. The fraction of sp³-hybridized carbons (Fsp3) is 0.267. The van der Waals surface area contributed by atoms with E-state index in [9.17, 15) is 22.8 Å². The second-order valence-electron chi connectivity index (χ2n) is 5.10. The first-order chi connectivity index (χ1) is 11.7. The van der Waals surface area contributed by atoms with Crippen LogP contribution in [-0.4, -0.2) is 33.9 Å². The summed E-state index contributed by atoms with van der Waals surface area (Å²) in [7, 11) is 1.43. The summed E-state index contributed by atoms with van der Waals surface area (Å²) in [5, 5.41) is 14.8. The Morgan fingerprint density at radius 1 is 1.32 bits per heavy atom. The minimum absolute atomic E-state index is 0.0525. The zero-order valence-electron chi connectivity index (χ0n) is 13.0. The molecule has 134 valence electrons. The second-order valence-corrected chi connectivity index (χ2v) is 5.10. The Labute approximate surface area is 140 Å². The highest BCUT2D eigenvalue weighted by Gasteiger charge is 2.33. The van der Waals surface area contributed by atoms with Gasteiger partial charge in [0.15, 0.2) is 5.69 Å². The predicted molar refractivity (Wildman–Crippen MR) is 80.0 cm³/mol. The normalized spacial score (nSPS) is 11.4. The van der Waals surface area contributed by atoms with Gasteiger partial charge in [0.25, 0.3) is 0 Å². The minimum atomic E-state index is -4.59. The Balaban J connectivity index is 2.11. The van der Waals surface area contributed by atoms with E-state index in [0.29, 0.717) is 5.56 Å². The molecule has 0 saturated carbocycles. The standard InChI is InChI=1S/C15H14F3N3O4/c1-25-8-9-4-10(14(23)24)6-11(5-9)19-13(22)7-21-3-2-12(20-21)15(16,17)18/h2-6H,7-8H2,1H3,(H,19,22)(H,23,24). The Bertz CT molecular complexity index is 787. The lowest BCUT2D eigenvalue weighted by atomic mass is 10.1. The molecular weight excluding hydrogens is 343 g/mol. The van der Waals surface area contributed by atoms with E-state index >= 15 is 0 Å². The SMILES string of the molecule is COCc1cc(NC(=O)Cn2ccc(C(F)(F)F)n2)cc(C(=O)O)c1. The number of alkyl halides is 3. The largest absolute Gasteiger partial charge is 0.478 e. The molecule has 0 unspecified atom stereocenters. The maximum atomic E-state index is 12.5. The van der Waals surface area contributed by atoms with Crippen molar-refractivity contribution in [3.8, 4) is 0 Å². The molecule has 1 aromatic heterocycles. The number of benzene rings is 1. The molecule has 25 heavy (non-hydrogen) atoms. The molecule has 0 fully saturated rings. The number of nitrogens with one attached hydrogen (secondary N) is 1. The van der Waals surface area contributed by atoms with Crippen LogP contribution in [0.15, 0.2) is 30.5 Å². The number of nitrogens with zero attached hydrogens (tertiary/aromatic N) is 2. The van der Waals surface area contributed by atoms with Crippen LogP contribution >= 0.6 is 0 Å². The number of carbonyl (C=O) groups is 2. The summed E-state index contributed by atoms with van der Waals surface area (Å²) in [5.41, 5.74) is -0.435. The predicted octanol–water partition coefficient (Wildman–Crippen LogP) is 2.39. The van der Waals surface area contributed by atoms with Crippen molar-refractivity contribution >= 4 is 17.6 Å². The summed E-state index contributed by atoms with van der Waals surface area (Å²) in [6.07, 6.45) is -3.56. The molecule has 7 nitrogen and oxygen atoms in total. The van der Waals surface area contributed by atoms with Crippen molar-refractivity contribution in [2.45, 2.75) is 19.3 Å². The highest BCUT2D eigenvalue weighted by molar-refractivity contribution is 5.94. The summed E-state index contributed by atoms with van der Waals surface area (Å²) in [5.74, 6) is -1.84. The molecule has 0 saturated heterocycles. The Morgan fingerprint density at radius 2 is 2.04 bits per heavy atom. The van der Waals surface area contributed by atoms with E-state index in [4.69, 9.17) is 9.84 Å². The lowest BCUT2D eigenvalue weighted by molar-refractivity contribution is -0.141. The zero-order chi connectivity index (χ0) is 18.6. The van der Waals surface area contributed by atoms with Crippen LogP contribution in [0, 0.1) is 0 Å². The van der Waals surface area contributed by atoms with Crippen LogP contribution in [0.1, 0.15) is 21.6 Å². The van der Waals surface area contributed by atoms with E-state index in [1.807, 2.05) is 0 Å². The van der Waals surface area contributed by atoms with Crippen LogP contribution in [0.3, 0.4) is 0 Å². The number of carbonyl (C=O) groups excluding carboxylic acids is 1. The fourth-order valence-corrected chi connectivity index (χ4v) is 2.09. The topological polar surface area (TPSA) is 93.5 Å². The molecule has 10 heteroatoms. The summed E-state index contributed by atoms with van der Waals surface area (Å²) < 4.78 is 43.2. The molecule has 0 radical (unpaired) electrons. The number of carboxylic acids is 1. The van der Waals surface area contributed by atoms with Crippen LogP contribution in [-0.2, 0) is 28.9 Å². The van der Waals surface area contributed by atoms with Gasteiger partial charge in [-0.25, -0.2) is 4.79 Å². The van der Waals surface area contributed by atoms with Gasteiger partial charge in [-0.05, 0) is 29.8 Å². The third-order valence-electron chi connectivity index (χ3n) is 3.07. The monoisotopic (exact) mass is 357 g/mol. The van der Waals surface area contributed by atoms with Crippen LogP contribution in [0.25, 0.3) is 0 Å². The number of amides is 1. The average molecular weight is 357 g/mol. The molecule has 0 atom stereocenters. The summed E-state index contributed by atoms with van der Waals surface area (Å²) >= 11 is 0. The van der Waals surface area contributed by atoms with Gasteiger partial charge in [0.2, 0.25) is 5.91 Å². The van der Waals surface area contributed by atoms with E-state index in [1.165, 1.54) is 25.3 Å². The molecule has 0 spiro atoms. The Hall–Kier alpha value is -2.88. The van der Waals surface area contributed by atoms with Crippen LogP contribution in [0.4, 0.5) is 18.9 Å². The second kappa shape index (κ2) is 7.34. The number of aromatic nitrogens is 2. The van der Waals surface area contributed by atoms with Gasteiger partial charge in [-0.2, -0.15) is 18.3 Å². The zero-order valence-corrected chi connectivity index (χ0v) is 13.0. The lowest BCUT2D eigenvalue weighted by Gasteiger charge is -2.09. The number of rotatable bonds is 6. The molecule has 0 aliphatic carbocycles. The molecule has 2 aromatic rings. The maximum Gasteiger partial charge on any atom is 0.435 e. The number of halogens is 3. The first-order valence-electron chi connectivity index (χ1n) is 6.95. The van der Waals surface area contributed by atoms with Gasteiger partial charge in [-0.3, -0.25) is 9.48 Å². The number of hydrogen-bond acceptors (Lipinski definition) is 4. The lowest BCUT2D eigenvalue weighted by Crippen LogP contribution is -2.20. The fourth-order valence-electron chi connectivity index (χ4n) is 2.09. The molecule has 0 aliphatic rings. The highest BCUT2D eigenvalue weighted by Crippen LogP contribution is 2.27. The molecule has 0 bridgehead atoms. The van der Waals surface area contributed by atoms with Gasteiger partial charge in [-0.1, -0.05) is 0 Å². The number of ether oxygens (including phenoxy) is 1. The molecule has 2 rings (SSSR count). The van der Waals surface area contributed by atoms with Gasteiger partial charge in [0.1, 0.15) is 6.54 Å². The van der Waals surface area contributed by atoms with Crippen LogP contribution in [0.5, 0.6) is 0 Å². The maximum absolute atomic E-state index is 12.5. The molecule has 1 heterocycles. The quantitative estimate of drug-likeness (QED) is 0.828. The third-order valence-corrected chi connectivity index (χ3v) is 3.07. The van der Waals surface area contributed by atoms with Crippen molar-refractivity contribution in [1.82, 2.24) is 9.78 Å². The van der Waals surface area contributed by atoms with E-state index in [1.54, 1.807) is 0 Å². The first-order valence-corrected chi connectivity index (χ1v) is 6.95. The average Bonchev–Trinajstić information content (AvgIpc) is 2.95. The molecule has 2 N–H and O–H groups in total. The Kier molecular flexibility index (Phi) is 5.42. The molecular formula is C15H14F3N3O4. The van der Waals surface area contributed by atoms with Crippen LogP contribution in [0.2, 0.25) is 0 Å². The van der Waals surface area contributed by atoms with Crippen molar-refractivity contribution in [3.63, 3.8) is 0 Å². The van der Waals surface area contributed by atoms with Crippen molar-refractivity contribution < 1.29 is 32.6 Å². The van der Waals surface area contributed by atoms with Crippen molar-refractivity contribution in [1.29, 1.82) is 0 Å². The Morgan fingerprint density at radius 3 is 2.60 bits per heavy atom. The van der Waals surface area contributed by atoms with Crippen molar-refractivity contribution in [3.05, 3.63) is 47.3 Å². The van der Waals surface area contributed by atoms with Gasteiger partial charge in [-0.15, -0.1) is 0 Å². The third kappa shape index (κ3) is 5.05. The molecule has 0 aliphatic heterocycles. The summed E-state index contributed by atoms with van der Waals surface area (Å²) in [4.78, 5) is 23.1. The van der Waals surface area contributed by atoms with Gasteiger partial charge in [0.05, 0.1) is 12.2 Å². The van der Waals surface area contributed by atoms with E-state index in [2.05, 4.69) is 10.4 Å². The van der Waals surface area contributed by atoms with E-state index in [0.717, 1.165) is 16.9 Å². The van der Waals surface area contributed by atoms with E-state index in [-0.39, 0.29) is 17.9 Å². The van der Waals surface area contributed by atoms with Crippen molar-refractivity contribution in [2.75, 3.05) is 12.4 Å². The number of anilines is 1. The minimum Gasteiger partial charge on any atom is -0.478 e. The van der Waals surface area contributed by atoms with E-state index < -0.39 is 30.3 Å². The number of carboxylic acid groups (broad SMARTS) is 1. The van der Waals surface area contributed by atoms with Crippen molar-refractivity contribution in [2.24, 2.45) is 0 Å². The number of hydrogen-bond donors (Lipinski definition) is 2. The highest BCUT2D eigenvalue weighted by atomic mass is 19.4. The molecule has 1 amide bonds. The van der Waals surface area contributed by atoms with Gasteiger partial charge in [0, 0.05) is 19.0 Å².